The Morgan fingerprint density at radius 2 is 2.11 bits per heavy atom. The lowest BCUT2D eigenvalue weighted by molar-refractivity contribution is 0.0279. The van der Waals surface area contributed by atoms with Crippen molar-refractivity contribution in [1.82, 2.24) is 4.90 Å². The van der Waals surface area contributed by atoms with Crippen LogP contribution in [0.5, 0.6) is 0 Å². The van der Waals surface area contributed by atoms with E-state index in [0.29, 0.717) is 12.0 Å². The third kappa shape index (κ3) is 4.44. The number of ether oxygens (including phenoxy) is 1. The molecule has 0 bridgehead atoms. The first kappa shape index (κ1) is 15.3. The summed E-state index contributed by atoms with van der Waals surface area (Å²) >= 11 is 0. The van der Waals surface area contributed by atoms with Gasteiger partial charge in [-0.15, -0.1) is 0 Å². The van der Waals surface area contributed by atoms with Gasteiger partial charge >= 0.3 is 0 Å². The average molecular weight is 268 g/mol. The summed E-state index contributed by atoms with van der Waals surface area (Å²) in [7, 11) is 2.27. The van der Waals surface area contributed by atoms with Gasteiger partial charge in [0.05, 0.1) is 6.61 Å². The van der Waals surface area contributed by atoms with Crippen LogP contribution in [0, 0.1) is 17.8 Å². The number of hydrogen-bond acceptors (Lipinski definition) is 3. The van der Waals surface area contributed by atoms with Crippen molar-refractivity contribution in [2.24, 2.45) is 23.5 Å². The van der Waals surface area contributed by atoms with Gasteiger partial charge in [0.1, 0.15) is 0 Å². The van der Waals surface area contributed by atoms with Crippen LogP contribution in [0.1, 0.15) is 45.4 Å². The molecule has 0 spiro atoms. The van der Waals surface area contributed by atoms with Crippen molar-refractivity contribution in [3.05, 3.63) is 0 Å². The number of nitrogens with zero attached hydrogens (tertiary/aromatic N) is 1. The Hall–Kier alpha value is -0.120. The molecule has 112 valence electrons. The van der Waals surface area contributed by atoms with E-state index in [1.165, 1.54) is 38.5 Å². The average Bonchev–Trinajstić information content (AvgIpc) is 2.41. The first-order valence-electron chi connectivity index (χ1n) is 8.18. The fourth-order valence-corrected chi connectivity index (χ4v) is 4.06. The lowest BCUT2D eigenvalue weighted by atomic mass is 9.78. The molecule has 1 saturated heterocycles. The van der Waals surface area contributed by atoms with Crippen LogP contribution in [0.25, 0.3) is 0 Å². The zero-order valence-electron chi connectivity index (χ0n) is 12.8. The van der Waals surface area contributed by atoms with E-state index in [-0.39, 0.29) is 0 Å². The zero-order chi connectivity index (χ0) is 13.7. The monoisotopic (exact) mass is 268 g/mol. The van der Waals surface area contributed by atoms with Crippen molar-refractivity contribution >= 4 is 0 Å². The summed E-state index contributed by atoms with van der Waals surface area (Å²) in [4.78, 5) is 2.53. The lowest BCUT2D eigenvalue weighted by Gasteiger charge is -2.39. The minimum absolute atomic E-state index is 0.574. The molecule has 3 nitrogen and oxygen atoms in total. The summed E-state index contributed by atoms with van der Waals surface area (Å²) in [6, 6.07) is 0.574. The van der Waals surface area contributed by atoms with Gasteiger partial charge in [-0.25, -0.2) is 0 Å². The smallest absolute Gasteiger partial charge is 0.0506 e. The summed E-state index contributed by atoms with van der Waals surface area (Å²) in [6.07, 6.45) is 8.09. The largest absolute Gasteiger partial charge is 0.381 e. The molecular formula is C16H32N2O. The summed E-state index contributed by atoms with van der Waals surface area (Å²) < 4.78 is 5.60. The molecule has 4 unspecified atom stereocenters. The summed E-state index contributed by atoms with van der Waals surface area (Å²) in [5, 5.41) is 0. The molecule has 2 fully saturated rings. The Morgan fingerprint density at radius 1 is 1.26 bits per heavy atom. The summed E-state index contributed by atoms with van der Waals surface area (Å²) in [5.74, 6) is 2.41. The van der Waals surface area contributed by atoms with Crippen molar-refractivity contribution in [2.75, 3.05) is 33.4 Å². The lowest BCUT2D eigenvalue weighted by Crippen LogP contribution is -2.47. The van der Waals surface area contributed by atoms with E-state index >= 15 is 0 Å². The number of likely N-dealkylation sites (N-methyl/N-ethyl adjacent to an activating group) is 1. The Morgan fingerprint density at radius 3 is 2.74 bits per heavy atom. The first-order chi connectivity index (χ1) is 9.20. The van der Waals surface area contributed by atoms with Gasteiger partial charge in [-0.2, -0.15) is 0 Å². The highest BCUT2D eigenvalue weighted by Crippen LogP contribution is 2.32. The first-order valence-corrected chi connectivity index (χ1v) is 8.18. The van der Waals surface area contributed by atoms with E-state index in [4.69, 9.17) is 10.5 Å². The number of rotatable bonds is 5. The third-order valence-corrected chi connectivity index (χ3v) is 5.13. The SMILES string of the molecule is CC1CCCC(C(CN)N(C)CC2CCCOC2)C1. The molecule has 1 saturated carbocycles. The van der Waals surface area contributed by atoms with E-state index in [2.05, 4.69) is 18.9 Å². The molecule has 3 heteroatoms. The highest BCUT2D eigenvalue weighted by atomic mass is 16.5. The van der Waals surface area contributed by atoms with Crippen LogP contribution in [-0.4, -0.2) is 44.3 Å². The van der Waals surface area contributed by atoms with Crippen molar-refractivity contribution in [3.8, 4) is 0 Å². The van der Waals surface area contributed by atoms with Gasteiger partial charge in [0.15, 0.2) is 0 Å². The zero-order valence-corrected chi connectivity index (χ0v) is 12.8. The Bertz CT molecular complexity index is 253. The van der Waals surface area contributed by atoms with Crippen LogP contribution < -0.4 is 5.73 Å². The Labute approximate surface area is 118 Å². The van der Waals surface area contributed by atoms with E-state index in [1.54, 1.807) is 0 Å². The van der Waals surface area contributed by atoms with Crippen LogP contribution in [0.15, 0.2) is 0 Å². The molecule has 2 N–H and O–H groups in total. The minimum atomic E-state index is 0.574. The molecule has 1 aliphatic carbocycles. The fourth-order valence-electron chi connectivity index (χ4n) is 4.06. The van der Waals surface area contributed by atoms with Gasteiger partial charge in [0.2, 0.25) is 0 Å². The molecule has 1 aliphatic heterocycles. The van der Waals surface area contributed by atoms with E-state index in [0.717, 1.165) is 38.1 Å². The second kappa shape index (κ2) is 7.61. The van der Waals surface area contributed by atoms with E-state index < -0.39 is 0 Å². The topological polar surface area (TPSA) is 38.5 Å². The van der Waals surface area contributed by atoms with Gasteiger partial charge in [-0.3, -0.25) is 0 Å². The molecule has 0 aromatic carbocycles. The number of nitrogens with two attached hydrogens (primary N) is 1. The summed E-state index contributed by atoms with van der Waals surface area (Å²) in [5.41, 5.74) is 6.08. The maximum absolute atomic E-state index is 6.08. The Balaban J connectivity index is 1.84. The molecule has 0 aromatic rings. The highest BCUT2D eigenvalue weighted by Gasteiger charge is 2.29. The van der Waals surface area contributed by atoms with E-state index in [1.807, 2.05) is 0 Å². The second-order valence-corrected chi connectivity index (χ2v) is 6.86. The molecule has 19 heavy (non-hydrogen) atoms. The highest BCUT2D eigenvalue weighted by molar-refractivity contribution is 4.84. The quantitative estimate of drug-likeness (QED) is 0.832. The summed E-state index contributed by atoms with van der Waals surface area (Å²) in [6.45, 7) is 6.27. The van der Waals surface area contributed by atoms with Crippen LogP contribution in [0.4, 0.5) is 0 Å². The van der Waals surface area contributed by atoms with Crippen molar-refractivity contribution in [2.45, 2.75) is 51.5 Å². The van der Waals surface area contributed by atoms with Gasteiger partial charge in [0.25, 0.3) is 0 Å². The number of hydrogen-bond donors (Lipinski definition) is 1. The molecule has 0 radical (unpaired) electrons. The van der Waals surface area contributed by atoms with Gasteiger partial charge in [-0.05, 0) is 50.5 Å². The van der Waals surface area contributed by atoms with E-state index in [9.17, 15) is 0 Å². The van der Waals surface area contributed by atoms with Crippen LogP contribution in [-0.2, 0) is 4.74 Å². The standard InChI is InChI=1S/C16H32N2O/c1-13-5-3-7-15(9-13)16(10-17)18(2)11-14-6-4-8-19-12-14/h13-16H,3-12,17H2,1-2H3. The van der Waals surface area contributed by atoms with Crippen molar-refractivity contribution < 1.29 is 4.74 Å². The van der Waals surface area contributed by atoms with Crippen LogP contribution in [0.2, 0.25) is 0 Å². The molecule has 2 aliphatic rings. The van der Waals surface area contributed by atoms with Crippen LogP contribution >= 0.6 is 0 Å². The predicted octanol–water partition coefficient (Wildman–Crippen LogP) is 2.50. The maximum atomic E-state index is 6.08. The van der Waals surface area contributed by atoms with Gasteiger partial charge in [-0.1, -0.05) is 19.8 Å². The minimum Gasteiger partial charge on any atom is -0.381 e. The predicted molar refractivity (Wildman–Crippen MR) is 80.1 cm³/mol. The molecule has 2 rings (SSSR count). The molecule has 0 amide bonds. The normalized spacial score (nSPS) is 34.4. The van der Waals surface area contributed by atoms with Gasteiger partial charge < -0.3 is 15.4 Å². The van der Waals surface area contributed by atoms with Crippen molar-refractivity contribution in [3.63, 3.8) is 0 Å². The van der Waals surface area contributed by atoms with Gasteiger partial charge in [0, 0.05) is 25.7 Å². The fraction of sp³-hybridized carbons (Fsp3) is 1.00. The molecule has 4 atom stereocenters. The maximum Gasteiger partial charge on any atom is 0.0506 e. The van der Waals surface area contributed by atoms with Crippen molar-refractivity contribution in [1.29, 1.82) is 0 Å². The second-order valence-electron chi connectivity index (χ2n) is 6.86. The molecule has 1 heterocycles. The van der Waals surface area contributed by atoms with Crippen LogP contribution in [0.3, 0.4) is 0 Å². The molecular weight excluding hydrogens is 236 g/mol. The molecule has 0 aromatic heterocycles. The Kier molecular flexibility index (Phi) is 6.11. The third-order valence-electron chi connectivity index (χ3n) is 5.13.